The number of phenolic OH excluding ortho intramolecular Hbond substituents is 1. The van der Waals surface area contributed by atoms with Crippen LogP contribution >= 0.6 is 0 Å². The van der Waals surface area contributed by atoms with Crippen molar-refractivity contribution in [1.82, 2.24) is 4.90 Å². The van der Waals surface area contributed by atoms with Gasteiger partial charge in [0.2, 0.25) is 0 Å². The Balaban J connectivity index is 2.42. The maximum Gasteiger partial charge on any atom is 0.257 e. The molecule has 0 unspecified atom stereocenters. The van der Waals surface area contributed by atoms with E-state index in [-0.39, 0.29) is 30.4 Å². The largest absolute Gasteiger partial charge is 0.507 e. The van der Waals surface area contributed by atoms with Gasteiger partial charge < -0.3 is 15.1 Å². The van der Waals surface area contributed by atoms with Gasteiger partial charge in [-0.1, -0.05) is 30.3 Å². The number of aliphatic hydroxyl groups excluding tert-OH is 1. The van der Waals surface area contributed by atoms with Crippen LogP contribution in [0.5, 0.6) is 5.75 Å². The lowest BCUT2D eigenvalue weighted by Gasteiger charge is -2.20. The van der Waals surface area contributed by atoms with Gasteiger partial charge in [-0.2, -0.15) is 0 Å². The lowest BCUT2D eigenvalue weighted by atomic mass is 10.0. The Morgan fingerprint density at radius 3 is 2.50 bits per heavy atom. The molecule has 0 spiro atoms. The summed E-state index contributed by atoms with van der Waals surface area (Å²) < 4.78 is 0. The summed E-state index contributed by atoms with van der Waals surface area (Å²) in [6, 6.07) is 10.8. The topological polar surface area (TPSA) is 60.8 Å². The van der Waals surface area contributed by atoms with E-state index >= 15 is 0 Å². The van der Waals surface area contributed by atoms with Crippen LogP contribution in [0, 0.1) is 0 Å². The molecule has 0 aliphatic carbocycles. The van der Waals surface area contributed by atoms with Crippen LogP contribution in [0.2, 0.25) is 0 Å². The number of carbonyl (C=O) groups is 1. The van der Waals surface area contributed by atoms with Gasteiger partial charge in [-0.25, -0.2) is 0 Å². The molecule has 0 heterocycles. The Morgan fingerprint density at radius 1 is 1.25 bits per heavy atom. The van der Waals surface area contributed by atoms with Gasteiger partial charge in [0.15, 0.2) is 0 Å². The lowest BCUT2D eigenvalue weighted by Crippen LogP contribution is -2.33. The van der Waals surface area contributed by atoms with Crippen molar-refractivity contribution in [3.8, 4) is 5.75 Å². The van der Waals surface area contributed by atoms with Crippen LogP contribution in [0.1, 0.15) is 10.4 Å². The lowest BCUT2D eigenvalue weighted by molar-refractivity contribution is 0.0740. The van der Waals surface area contributed by atoms with Crippen molar-refractivity contribution in [2.24, 2.45) is 0 Å². The highest BCUT2D eigenvalue weighted by Gasteiger charge is 2.18. The fourth-order valence-corrected chi connectivity index (χ4v) is 2.12. The molecule has 1 amide bonds. The maximum absolute atomic E-state index is 12.4. The van der Waals surface area contributed by atoms with Crippen molar-refractivity contribution < 1.29 is 15.0 Å². The molecule has 4 heteroatoms. The second kappa shape index (κ2) is 6.21. The van der Waals surface area contributed by atoms with Crippen molar-refractivity contribution >= 4 is 16.7 Å². The number of amides is 1. The molecule has 0 bridgehead atoms. The number of nitrogens with zero attached hydrogens (tertiary/aromatic N) is 1. The summed E-state index contributed by atoms with van der Waals surface area (Å²) in [7, 11) is 0. The highest BCUT2D eigenvalue weighted by molar-refractivity contribution is 6.01. The molecule has 4 nitrogen and oxygen atoms in total. The first-order valence-corrected chi connectivity index (χ1v) is 6.40. The van der Waals surface area contributed by atoms with Crippen molar-refractivity contribution in [3.05, 3.63) is 54.6 Å². The predicted molar refractivity (Wildman–Crippen MR) is 78.8 cm³/mol. The molecule has 0 radical (unpaired) electrons. The molecule has 0 aliphatic rings. The molecule has 20 heavy (non-hydrogen) atoms. The van der Waals surface area contributed by atoms with Crippen LogP contribution in [0.25, 0.3) is 10.8 Å². The zero-order valence-corrected chi connectivity index (χ0v) is 11.1. The van der Waals surface area contributed by atoms with Crippen LogP contribution in [0.3, 0.4) is 0 Å². The third kappa shape index (κ3) is 2.81. The minimum absolute atomic E-state index is 0.0549. The predicted octanol–water partition coefficient (Wildman–Crippen LogP) is 2.17. The van der Waals surface area contributed by atoms with Crippen LogP contribution in [-0.4, -0.2) is 40.7 Å². The van der Waals surface area contributed by atoms with Gasteiger partial charge in [-0.05, 0) is 22.9 Å². The molecule has 0 atom stereocenters. The quantitative estimate of drug-likeness (QED) is 0.819. The van der Waals surface area contributed by atoms with E-state index < -0.39 is 0 Å². The number of benzene rings is 2. The van der Waals surface area contributed by atoms with E-state index in [1.165, 1.54) is 4.90 Å². The number of rotatable bonds is 5. The van der Waals surface area contributed by atoms with Crippen LogP contribution < -0.4 is 0 Å². The van der Waals surface area contributed by atoms with Crippen molar-refractivity contribution in [1.29, 1.82) is 0 Å². The Hall–Kier alpha value is -2.33. The van der Waals surface area contributed by atoms with Crippen LogP contribution in [-0.2, 0) is 0 Å². The molecule has 0 aromatic heterocycles. The fraction of sp³-hybridized carbons (Fsp3) is 0.188. The van der Waals surface area contributed by atoms with Gasteiger partial charge in [0.05, 0.1) is 12.2 Å². The second-order valence-electron chi connectivity index (χ2n) is 4.48. The van der Waals surface area contributed by atoms with E-state index in [1.807, 2.05) is 24.3 Å². The summed E-state index contributed by atoms with van der Waals surface area (Å²) in [4.78, 5) is 13.8. The third-order valence-corrected chi connectivity index (χ3v) is 3.10. The molecule has 2 aromatic carbocycles. The van der Waals surface area contributed by atoms with Gasteiger partial charge in [0.25, 0.3) is 5.91 Å². The highest BCUT2D eigenvalue weighted by atomic mass is 16.3. The SMILES string of the molecule is C=CCN(CCO)C(=O)c1cc2ccccc2cc1O. The average molecular weight is 271 g/mol. The average Bonchev–Trinajstić information content (AvgIpc) is 2.45. The van der Waals surface area contributed by atoms with Crippen molar-refractivity contribution in [2.75, 3.05) is 19.7 Å². The first-order valence-electron chi connectivity index (χ1n) is 6.40. The Kier molecular flexibility index (Phi) is 4.38. The van der Waals surface area contributed by atoms with Gasteiger partial charge in [0.1, 0.15) is 5.75 Å². The van der Waals surface area contributed by atoms with Crippen molar-refractivity contribution in [3.63, 3.8) is 0 Å². The molecule has 104 valence electrons. The smallest absolute Gasteiger partial charge is 0.257 e. The Bertz CT molecular complexity index is 637. The van der Waals surface area contributed by atoms with E-state index in [0.717, 1.165) is 10.8 Å². The van der Waals surface area contributed by atoms with Gasteiger partial charge in [0, 0.05) is 13.1 Å². The molecule has 0 fully saturated rings. The van der Waals surface area contributed by atoms with Crippen LogP contribution in [0.15, 0.2) is 49.1 Å². The Morgan fingerprint density at radius 2 is 1.90 bits per heavy atom. The first kappa shape index (κ1) is 14.1. The molecule has 2 N–H and O–H groups in total. The fourth-order valence-electron chi connectivity index (χ4n) is 2.12. The zero-order chi connectivity index (χ0) is 14.5. The molecule has 0 saturated carbocycles. The normalized spacial score (nSPS) is 10.4. The number of fused-ring (bicyclic) bond motifs is 1. The molecule has 0 aliphatic heterocycles. The summed E-state index contributed by atoms with van der Waals surface area (Å²) in [5.74, 6) is -0.372. The highest BCUT2D eigenvalue weighted by Crippen LogP contribution is 2.26. The number of hydrogen-bond donors (Lipinski definition) is 2. The molecular weight excluding hydrogens is 254 g/mol. The molecule has 2 rings (SSSR count). The first-order chi connectivity index (χ1) is 9.67. The summed E-state index contributed by atoms with van der Waals surface area (Å²) in [6.07, 6.45) is 1.59. The summed E-state index contributed by atoms with van der Waals surface area (Å²) >= 11 is 0. The van der Waals surface area contributed by atoms with Crippen LogP contribution in [0.4, 0.5) is 0 Å². The van der Waals surface area contributed by atoms with E-state index in [0.29, 0.717) is 6.54 Å². The van der Waals surface area contributed by atoms with E-state index in [1.54, 1.807) is 18.2 Å². The van der Waals surface area contributed by atoms with E-state index in [4.69, 9.17) is 5.11 Å². The Labute approximate surface area is 117 Å². The van der Waals surface area contributed by atoms with E-state index in [2.05, 4.69) is 6.58 Å². The monoisotopic (exact) mass is 271 g/mol. The summed E-state index contributed by atoms with van der Waals surface area (Å²) in [6.45, 7) is 3.99. The zero-order valence-electron chi connectivity index (χ0n) is 11.1. The number of aromatic hydroxyl groups is 1. The second-order valence-corrected chi connectivity index (χ2v) is 4.48. The van der Waals surface area contributed by atoms with E-state index in [9.17, 15) is 9.90 Å². The minimum atomic E-state index is -0.317. The van der Waals surface area contributed by atoms with Gasteiger partial charge in [-0.3, -0.25) is 4.79 Å². The summed E-state index contributed by atoms with van der Waals surface area (Å²) in [5, 5.41) is 20.8. The molecular formula is C16H17NO3. The minimum Gasteiger partial charge on any atom is -0.507 e. The number of hydrogen-bond acceptors (Lipinski definition) is 3. The van der Waals surface area contributed by atoms with Gasteiger partial charge in [-0.15, -0.1) is 6.58 Å². The van der Waals surface area contributed by atoms with Crippen molar-refractivity contribution in [2.45, 2.75) is 0 Å². The maximum atomic E-state index is 12.4. The number of carbonyl (C=O) groups excluding carboxylic acids is 1. The standard InChI is InChI=1S/C16H17NO3/c1-2-7-17(8-9-18)16(20)14-10-12-5-3-4-6-13(12)11-15(14)19/h2-6,10-11,18-19H,1,7-9H2. The third-order valence-electron chi connectivity index (χ3n) is 3.10. The molecule has 2 aromatic rings. The number of phenols is 1. The molecule has 0 saturated heterocycles. The van der Waals surface area contributed by atoms with Gasteiger partial charge >= 0.3 is 0 Å². The summed E-state index contributed by atoms with van der Waals surface area (Å²) in [5.41, 5.74) is 0.235. The number of aliphatic hydroxyl groups is 1.